The van der Waals surface area contributed by atoms with E-state index in [2.05, 4.69) is 49.0 Å². The van der Waals surface area contributed by atoms with Gasteiger partial charge in [0.1, 0.15) is 0 Å². The number of aromatic nitrogens is 2. The van der Waals surface area contributed by atoms with E-state index in [0.29, 0.717) is 0 Å². The van der Waals surface area contributed by atoms with Crippen LogP contribution >= 0.6 is 0 Å². The van der Waals surface area contributed by atoms with Gasteiger partial charge in [0.25, 0.3) is 0 Å². The van der Waals surface area contributed by atoms with Gasteiger partial charge in [-0.25, -0.2) is 4.98 Å². The Morgan fingerprint density at radius 3 is 2.62 bits per heavy atom. The molecule has 0 spiro atoms. The molecule has 0 unspecified atom stereocenters. The molecule has 1 aromatic heterocycles. The lowest BCUT2D eigenvalue weighted by molar-refractivity contribution is 0.955. The Morgan fingerprint density at radius 2 is 1.90 bits per heavy atom. The highest BCUT2D eigenvalue weighted by Gasteiger charge is 1.96. The van der Waals surface area contributed by atoms with Crippen molar-refractivity contribution in [1.29, 1.82) is 0 Å². The van der Waals surface area contributed by atoms with Gasteiger partial charge < -0.3 is 0 Å². The van der Waals surface area contributed by atoms with Crippen molar-refractivity contribution in [3.63, 3.8) is 0 Å². The van der Waals surface area contributed by atoms with E-state index in [1.807, 2.05) is 36.5 Å². The number of para-hydroxylation sites is 2. The average Bonchev–Trinajstić information content (AvgIpc) is 2.49. The Kier molecular flexibility index (Phi) is 5.44. The molecule has 2 aromatic rings. The summed E-state index contributed by atoms with van der Waals surface area (Å²) in [5, 5.41) is 0. The smallest absolute Gasteiger partial charge is 0.0894 e. The van der Waals surface area contributed by atoms with E-state index in [9.17, 15) is 0 Å². The molecule has 0 saturated carbocycles. The van der Waals surface area contributed by atoms with Crippen molar-refractivity contribution in [1.82, 2.24) is 9.97 Å². The summed E-state index contributed by atoms with van der Waals surface area (Å²) in [5.41, 5.74) is 5.28. The van der Waals surface area contributed by atoms with Crippen LogP contribution in [0.15, 0.2) is 59.8 Å². The van der Waals surface area contributed by atoms with Crippen LogP contribution in [0.25, 0.3) is 17.1 Å². The third-order valence-electron chi connectivity index (χ3n) is 3.04. The van der Waals surface area contributed by atoms with Gasteiger partial charge in [0.05, 0.1) is 22.9 Å². The molecule has 0 atom stereocenters. The van der Waals surface area contributed by atoms with Crippen LogP contribution < -0.4 is 0 Å². The summed E-state index contributed by atoms with van der Waals surface area (Å²) in [6.07, 6.45) is 12.7. The second-order valence-electron chi connectivity index (χ2n) is 5.33. The third kappa shape index (κ3) is 4.67. The first-order valence-electron chi connectivity index (χ1n) is 7.44. The molecule has 0 saturated heterocycles. The molecule has 1 aromatic carbocycles. The Labute approximate surface area is 126 Å². The van der Waals surface area contributed by atoms with Gasteiger partial charge in [-0.1, -0.05) is 49.3 Å². The lowest BCUT2D eigenvalue weighted by Crippen LogP contribution is -1.86. The van der Waals surface area contributed by atoms with Crippen LogP contribution in [-0.2, 0) is 0 Å². The maximum absolute atomic E-state index is 4.61. The monoisotopic (exact) mass is 278 g/mol. The predicted molar refractivity (Wildman–Crippen MR) is 91.0 cm³/mol. The fraction of sp³-hybridized carbons (Fsp3) is 0.263. The van der Waals surface area contributed by atoms with E-state index in [0.717, 1.165) is 29.6 Å². The molecule has 0 radical (unpaired) electrons. The van der Waals surface area contributed by atoms with Gasteiger partial charge in [-0.15, -0.1) is 0 Å². The summed E-state index contributed by atoms with van der Waals surface area (Å²) in [6, 6.07) is 7.93. The van der Waals surface area contributed by atoms with Gasteiger partial charge in [0, 0.05) is 0 Å². The summed E-state index contributed by atoms with van der Waals surface area (Å²) in [4.78, 5) is 9.04. The molecule has 0 N–H and O–H groups in total. The van der Waals surface area contributed by atoms with E-state index in [4.69, 9.17) is 0 Å². The van der Waals surface area contributed by atoms with E-state index < -0.39 is 0 Å². The van der Waals surface area contributed by atoms with Crippen molar-refractivity contribution < 1.29 is 0 Å². The summed E-state index contributed by atoms with van der Waals surface area (Å²) in [7, 11) is 0. The van der Waals surface area contributed by atoms with Crippen molar-refractivity contribution in [3.8, 4) is 0 Å². The highest BCUT2D eigenvalue weighted by atomic mass is 14.8. The van der Waals surface area contributed by atoms with E-state index in [-0.39, 0.29) is 0 Å². The van der Waals surface area contributed by atoms with Crippen LogP contribution in [0.1, 0.15) is 39.3 Å². The highest BCUT2D eigenvalue weighted by Crippen LogP contribution is 2.12. The molecule has 21 heavy (non-hydrogen) atoms. The molecule has 1 heterocycles. The SMILES string of the molecule is CCC/C=C(C=C(C)C)/C=C/c1cnc2ccccc2n1. The van der Waals surface area contributed by atoms with Crippen molar-refractivity contribution in [3.05, 3.63) is 65.5 Å². The summed E-state index contributed by atoms with van der Waals surface area (Å²) in [6.45, 7) is 6.42. The maximum atomic E-state index is 4.61. The zero-order valence-electron chi connectivity index (χ0n) is 13.0. The van der Waals surface area contributed by atoms with Crippen LogP contribution in [-0.4, -0.2) is 9.97 Å². The quantitative estimate of drug-likeness (QED) is 0.690. The topological polar surface area (TPSA) is 25.8 Å². The molecule has 2 nitrogen and oxygen atoms in total. The average molecular weight is 278 g/mol. The van der Waals surface area contributed by atoms with Crippen LogP contribution in [0, 0.1) is 0 Å². The normalized spacial score (nSPS) is 12.0. The van der Waals surface area contributed by atoms with Gasteiger partial charge in [0.15, 0.2) is 0 Å². The lowest BCUT2D eigenvalue weighted by Gasteiger charge is -1.99. The number of benzene rings is 1. The van der Waals surface area contributed by atoms with Crippen LogP contribution in [0.3, 0.4) is 0 Å². The standard InChI is InChI=1S/C19H22N2/c1-4-5-8-16(13-15(2)3)11-12-17-14-20-18-9-6-7-10-19(18)21-17/h6-14H,4-5H2,1-3H3/b12-11+,16-8-. The molecular weight excluding hydrogens is 256 g/mol. The molecule has 2 rings (SSSR count). The minimum atomic E-state index is 0.887. The Balaban J connectivity index is 2.25. The largest absolute Gasteiger partial charge is 0.252 e. The summed E-state index contributed by atoms with van der Waals surface area (Å²) >= 11 is 0. The first-order valence-corrected chi connectivity index (χ1v) is 7.44. The van der Waals surface area contributed by atoms with Gasteiger partial charge in [-0.05, 0) is 44.1 Å². The molecule has 0 bridgehead atoms. The number of hydrogen-bond donors (Lipinski definition) is 0. The number of unbranched alkanes of at least 4 members (excludes halogenated alkanes) is 1. The van der Waals surface area contributed by atoms with Crippen LogP contribution in [0.2, 0.25) is 0 Å². The molecule has 0 fully saturated rings. The Hall–Kier alpha value is -2.22. The second-order valence-corrected chi connectivity index (χ2v) is 5.33. The molecule has 108 valence electrons. The first-order chi connectivity index (χ1) is 10.2. The minimum Gasteiger partial charge on any atom is -0.252 e. The summed E-state index contributed by atoms with van der Waals surface area (Å²) < 4.78 is 0. The predicted octanol–water partition coefficient (Wildman–Crippen LogP) is 5.34. The van der Waals surface area contributed by atoms with Crippen LogP contribution in [0.5, 0.6) is 0 Å². The maximum Gasteiger partial charge on any atom is 0.0894 e. The van der Waals surface area contributed by atoms with Crippen molar-refractivity contribution in [2.45, 2.75) is 33.6 Å². The molecule has 0 aliphatic rings. The Morgan fingerprint density at radius 1 is 1.14 bits per heavy atom. The Bertz CT molecular complexity index is 690. The molecule has 0 aliphatic carbocycles. The number of nitrogens with zero attached hydrogens (tertiary/aromatic N) is 2. The van der Waals surface area contributed by atoms with E-state index in [1.54, 1.807) is 0 Å². The molecule has 0 amide bonds. The highest BCUT2D eigenvalue weighted by molar-refractivity contribution is 5.74. The second kappa shape index (κ2) is 7.53. The van der Waals surface area contributed by atoms with Gasteiger partial charge in [-0.3, -0.25) is 4.98 Å². The molecule has 2 heteroatoms. The lowest BCUT2D eigenvalue weighted by atomic mass is 10.1. The third-order valence-corrected chi connectivity index (χ3v) is 3.04. The number of fused-ring (bicyclic) bond motifs is 1. The van der Waals surface area contributed by atoms with Crippen LogP contribution in [0.4, 0.5) is 0 Å². The van der Waals surface area contributed by atoms with Gasteiger partial charge in [-0.2, -0.15) is 0 Å². The minimum absolute atomic E-state index is 0.887. The van der Waals surface area contributed by atoms with Crippen molar-refractivity contribution in [2.75, 3.05) is 0 Å². The number of hydrogen-bond acceptors (Lipinski definition) is 2. The number of allylic oxidation sites excluding steroid dienone is 5. The fourth-order valence-corrected chi connectivity index (χ4v) is 2.05. The number of rotatable bonds is 5. The van der Waals surface area contributed by atoms with E-state index >= 15 is 0 Å². The molecule has 0 aliphatic heterocycles. The zero-order valence-corrected chi connectivity index (χ0v) is 13.0. The summed E-state index contributed by atoms with van der Waals surface area (Å²) in [5.74, 6) is 0. The van der Waals surface area contributed by atoms with E-state index in [1.165, 1.54) is 11.1 Å². The van der Waals surface area contributed by atoms with Gasteiger partial charge >= 0.3 is 0 Å². The van der Waals surface area contributed by atoms with Gasteiger partial charge in [0.2, 0.25) is 0 Å². The fourth-order valence-electron chi connectivity index (χ4n) is 2.05. The molecular formula is C19H22N2. The first kappa shape index (κ1) is 15.2. The zero-order chi connectivity index (χ0) is 15.1. The van der Waals surface area contributed by atoms with Crippen molar-refractivity contribution >= 4 is 17.1 Å². The van der Waals surface area contributed by atoms with Crippen molar-refractivity contribution in [2.24, 2.45) is 0 Å².